The van der Waals surface area contributed by atoms with Crippen LogP contribution < -0.4 is 4.90 Å². The molecule has 3 heterocycles. The van der Waals surface area contributed by atoms with Crippen molar-refractivity contribution in [3.8, 4) is 0 Å². The number of amides is 1. The quantitative estimate of drug-likeness (QED) is 0.867. The molecule has 4 nitrogen and oxygen atoms in total. The molecule has 2 aromatic rings. The van der Waals surface area contributed by atoms with E-state index in [1.807, 2.05) is 6.07 Å². The standard InChI is InChI=1S/C20H22N2O2/c23-19-20(8-9-21(14-20)11-16-7-10-24-13-16)17-3-1-2-4-18(17)22(19)12-15-5-6-15/h1-4,7,10,13,15H,5-6,8-9,11-12,14H2/t20-/m0/s1. The maximum Gasteiger partial charge on any atom is 0.239 e. The lowest BCUT2D eigenvalue weighted by molar-refractivity contribution is -0.122. The number of benzene rings is 1. The van der Waals surface area contributed by atoms with Crippen molar-refractivity contribution in [1.82, 2.24) is 4.90 Å². The summed E-state index contributed by atoms with van der Waals surface area (Å²) in [6, 6.07) is 10.4. The van der Waals surface area contributed by atoms with Gasteiger partial charge in [0.05, 0.1) is 17.9 Å². The number of carbonyl (C=O) groups excluding carboxylic acids is 1. The molecular formula is C20H22N2O2. The largest absolute Gasteiger partial charge is 0.472 e. The van der Waals surface area contributed by atoms with E-state index >= 15 is 0 Å². The zero-order valence-electron chi connectivity index (χ0n) is 13.8. The predicted molar refractivity (Wildman–Crippen MR) is 91.8 cm³/mol. The van der Waals surface area contributed by atoms with E-state index in [2.05, 4.69) is 34.1 Å². The number of hydrogen-bond acceptors (Lipinski definition) is 3. The molecule has 0 unspecified atom stereocenters. The van der Waals surface area contributed by atoms with Crippen LogP contribution in [0.3, 0.4) is 0 Å². The fourth-order valence-electron chi connectivity index (χ4n) is 4.40. The number of hydrogen-bond donors (Lipinski definition) is 0. The van der Waals surface area contributed by atoms with Crippen LogP contribution in [0.5, 0.6) is 0 Å². The molecule has 0 radical (unpaired) electrons. The highest BCUT2D eigenvalue weighted by Crippen LogP contribution is 2.48. The van der Waals surface area contributed by atoms with Crippen LogP contribution in [0.15, 0.2) is 47.3 Å². The molecule has 24 heavy (non-hydrogen) atoms. The van der Waals surface area contributed by atoms with E-state index in [0.29, 0.717) is 11.8 Å². The van der Waals surface area contributed by atoms with Crippen molar-refractivity contribution in [3.63, 3.8) is 0 Å². The van der Waals surface area contributed by atoms with E-state index in [-0.39, 0.29) is 5.41 Å². The molecule has 1 saturated heterocycles. The normalized spacial score (nSPS) is 26.5. The monoisotopic (exact) mass is 322 g/mol. The Morgan fingerprint density at radius 3 is 2.88 bits per heavy atom. The molecule has 4 heteroatoms. The van der Waals surface area contributed by atoms with Gasteiger partial charge in [0.25, 0.3) is 0 Å². The van der Waals surface area contributed by atoms with Gasteiger partial charge in [0.2, 0.25) is 5.91 Å². The maximum atomic E-state index is 13.4. The Morgan fingerprint density at radius 1 is 1.21 bits per heavy atom. The number of para-hydroxylation sites is 1. The second kappa shape index (κ2) is 5.21. The van der Waals surface area contributed by atoms with Crippen LogP contribution in [-0.4, -0.2) is 30.4 Å². The first kappa shape index (κ1) is 14.3. The molecule has 1 saturated carbocycles. The summed E-state index contributed by atoms with van der Waals surface area (Å²) in [4.78, 5) is 17.8. The van der Waals surface area contributed by atoms with Gasteiger partial charge in [-0.05, 0) is 49.4 Å². The first-order chi connectivity index (χ1) is 11.8. The lowest BCUT2D eigenvalue weighted by Gasteiger charge is -2.24. The highest BCUT2D eigenvalue weighted by atomic mass is 16.3. The Kier molecular flexibility index (Phi) is 3.10. The molecule has 1 aliphatic carbocycles. The highest BCUT2D eigenvalue weighted by molar-refractivity contribution is 6.08. The number of rotatable bonds is 4. The van der Waals surface area contributed by atoms with Gasteiger partial charge in [0.15, 0.2) is 0 Å². The predicted octanol–water partition coefficient (Wildman–Crippen LogP) is 3.18. The topological polar surface area (TPSA) is 36.7 Å². The van der Waals surface area contributed by atoms with Gasteiger partial charge in [-0.25, -0.2) is 0 Å². The van der Waals surface area contributed by atoms with Gasteiger partial charge < -0.3 is 9.32 Å². The molecule has 1 aromatic carbocycles. The summed E-state index contributed by atoms with van der Waals surface area (Å²) in [6.45, 7) is 3.54. The Balaban J connectivity index is 1.45. The van der Waals surface area contributed by atoms with Crippen molar-refractivity contribution in [1.29, 1.82) is 0 Å². The Morgan fingerprint density at radius 2 is 2.08 bits per heavy atom. The summed E-state index contributed by atoms with van der Waals surface area (Å²) in [5.74, 6) is 1.03. The summed E-state index contributed by atoms with van der Waals surface area (Å²) in [6.07, 6.45) is 6.97. The third kappa shape index (κ3) is 2.13. The summed E-state index contributed by atoms with van der Waals surface area (Å²) < 4.78 is 5.19. The van der Waals surface area contributed by atoms with Gasteiger partial charge in [-0.2, -0.15) is 0 Å². The molecule has 0 N–H and O–H groups in total. The molecule has 1 spiro atoms. The van der Waals surface area contributed by atoms with Crippen molar-refractivity contribution in [2.24, 2.45) is 5.92 Å². The van der Waals surface area contributed by atoms with Gasteiger partial charge in [0.1, 0.15) is 0 Å². The lowest BCUT2D eigenvalue weighted by Crippen LogP contribution is -2.43. The maximum absolute atomic E-state index is 13.4. The second-order valence-electron chi connectivity index (χ2n) is 7.55. The Labute approximate surface area is 142 Å². The Bertz CT molecular complexity index is 766. The van der Waals surface area contributed by atoms with E-state index in [1.54, 1.807) is 12.5 Å². The number of nitrogens with zero attached hydrogens (tertiary/aromatic N) is 2. The van der Waals surface area contributed by atoms with Crippen LogP contribution in [0.25, 0.3) is 0 Å². The van der Waals surface area contributed by atoms with Crippen molar-refractivity contribution in [2.75, 3.05) is 24.5 Å². The van der Waals surface area contributed by atoms with E-state index in [9.17, 15) is 4.79 Å². The summed E-state index contributed by atoms with van der Waals surface area (Å²) >= 11 is 0. The molecule has 2 fully saturated rings. The first-order valence-electron chi connectivity index (χ1n) is 8.91. The number of furan rings is 1. The molecule has 5 rings (SSSR count). The summed E-state index contributed by atoms with van der Waals surface area (Å²) in [5.41, 5.74) is 3.24. The molecule has 1 atom stereocenters. The third-order valence-corrected chi connectivity index (χ3v) is 5.84. The second-order valence-corrected chi connectivity index (χ2v) is 7.55. The smallest absolute Gasteiger partial charge is 0.239 e. The van der Waals surface area contributed by atoms with Crippen LogP contribution in [0.4, 0.5) is 5.69 Å². The average Bonchev–Trinajstić information content (AvgIpc) is 3.03. The van der Waals surface area contributed by atoms with Crippen molar-refractivity contribution < 1.29 is 9.21 Å². The van der Waals surface area contributed by atoms with E-state index in [1.165, 1.54) is 24.0 Å². The minimum atomic E-state index is -0.338. The molecule has 0 bridgehead atoms. The van der Waals surface area contributed by atoms with E-state index in [4.69, 9.17) is 4.42 Å². The van der Waals surface area contributed by atoms with Crippen molar-refractivity contribution in [3.05, 3.63) is 54.0 Å². The van der Waals surface area contributed by atoms with Gasteiger partial charge in [-0.1, -0.05) is 18.2 Å². The highest BCUT2D eigenvalue weighted by Gasteiger charge is 2.54. The van der Waals surface area contributed by atoms with Gasteiger partial charge in [0, 0.05) is 30.9 Å². The van der Waals surface area contributed by atoms with Crippen molar-refractivity contribution in [2.45, 2.75) is 31.2 Å². The number of likely N-dealkylation sites (tertiary alicyclic amines) is 1. The molecule has 1 amide bonds. The van der Waals surface area contributed by atoms with Gasteiger partial charge in [-0.3, -0.25) is 9.69 Å². The van der Waals surface area contributed by atoms with Crippen LogP contribution in [0.1, 0.15) is 30.4 Å². The van der Waals surface area contributed by atoms with Crippen LogP contribution in [-0.2, 0) is 16.8 Å². The van der Waals surface area contributed by atoms with E-state index in [0.717, 1.165) is 38.3 Å². The summed E-state index contributed by atoms with van der Waals surface area (Å²) in [5, 5.41) is 0. The fourth-order valence-corrected chi connectivity index (χ4v) is 4.40. The SMILES string of the molecule is O=C1N(CC2CC2)c2ccccc2[C@@]12CCN(Cc1ccoc1)C2. The van der Waals surface area contributed by atoms with Gasteiger partial charge in [-0.15, -0.1) is 0 Å². The van der Waals surface area contributed by atoms with Gasteiger partial charge >= 0.3 is 0 Å². The first-order valence-corrected chi connectivity index (χ1v) is 8.91. The average molecular weight is 322 g/mol. The van der Waals surface area contributed by atoms with E-state index < -0.39 is 0 Å². The lowest BCUT2D eigenvalue weighted by atomic mass is 9.81. The zero-order valence-corrected chi connectivity index (χ0v) is 13.8. The minimum absolute atomic E-state index is 0.324. The minimum Gasteiger partial charge on any atom is -0.472 e. The summed E-state index contributed by atoms with van der Waals surface area (Å²) in [7, 11) is 0. The fraction of sp³-hybridized carbons (Fsp3) is 0.450. The molecule has 2 aliphatic heterocycles. The third-order valence-electron chi connectivity index (χ3n) is 5.84. The molecule has 124 valence electrons. The zero-order chi connectivity index (χ0) is 16.1. The van der Waals surface area contributed by atoms with Crippen molar-refractivity contribution >= 4 is 11.6 Å². The Hall–Kier alpha value is -2.07. The number of carbonyl (C=O) groups is 1. The molecular weight excluding hydrogens is 300 g/mol. The van der Waals surface area contributed by atoms with Crippen LogP contribution in [0, 0.1) is 5.92 Å². The number of anilines is 1. The van der Waals surface area contributed by atoms with Crippen LogP contribution >= 0.6 is 0 Å². The van der Waals surface area contributed by atoms with Crippen LogP contribution in [0.2, 0.25) is 0 Å². The molecule has 3 aliphatic rings. The number of fused-ring (bicyclic) bond motifs is 2. The molecule has 1 aromatic heterocycles.